The van der Waals surface area contributed by atoms with Crippen molar-refractivity contribution in [3.05, 3.63) is 65.5 Å². The first-order valence-electron chi connectivity index (χ1n) is 7.01. The Morgan fingerprint density at radius 3 is 2.52 bits per heavy atom. The molecule has 2 N–H and O–H groups in total. The molecule has 110 valence electrons. The van der Waals surface area contributed by atoms with Crippen molar-refractivity contribution in [1.29, 1.82) is 0 Å². The van der Waals surface area contributed by atoms with E-state index >= 15 is 0 Å². The summed E-state index contributed by atoms with van der Waals surface area (Å²) in [6, 6.07) is 13.3. The molecule has 0 aromatic heterocycles. The molecule has 0 fully saturated rings. The molecular weight excluding hydrogens is 267 g/mol. The van der Waals surface area contributed by atoms with E-state index in [1.54, 1.807) is 31.2 Å². The fourth-order valence-electron chi connectivity index (χ4n) is 2.20. The number of rotatable bonds is 5. The summed E-state index contributed by atoms with van der Waals surface area (Å²) in [5.74, 6) is -0.535. The summed E-state index contributed by atoms with van der Waals surface area (Å²) in [6.07, 6.45) is 0. The van der Waals surface area contributed by atoms with Gasteiger partial charge in [-0.25, -0.2) is 4.39 Å². The first-order valence-corrected chi connectivity index (χ1v) is 7.01. The number of halogens is 1. The molecule has 0 aliphatic heterocycles. The number of carbonyl (C=O) groups excluding carboxylic acids is 1. The van der Waals surface area contributed by atoms with E-state index in [0.717, 1.165) is 12.2 Å². The molecule has 0 saturated carbocycles. The van der Waals surface area contributed by atoms with Gasteiger partial charge in [-0.1, -0.05) is 30.3 Å². The topological polar surface area (TPSA) is 41.1 Å². The summed E-state index contributed by atoms with van der Waals surface area (Å²) in [5, 5.41) is 5.98. The zero-order chi connectivity index (χ0) is 15.2. The summed E-state index contributed by atoms with van der Waals surface area (Å²) in [7, 11) is 0. The van der Waals surface area contributed by atoms with Gasteiger partial charge in [0.05, 0.1) is 11.6 Å². The lowest BCUT2D eigenvalue weighted by atomic mass is 10.1. The quantitative estimate of drug-likeness (QED) is 0.879. The minimum Gasteiger partial charge on any atom is -0.385 e. The summed E-state index contributed by atoms with van der Waals surface area (Å²) < 4.78 is 13.7. The lowest BCUT2D eigenvalue weighted by molar-refractivity contribution is 0.0940. The summed E-state index contributed by atoms with van der Waals surface area (Å²) in [6.45, 7) is 4.47. The molecule has 2 aromatic carbocycles. The zero-order valence-electron chi connectivity index (χ0n) is 12.2. The number of anilines is 1. The second-order valence-corrected chi connectivity index (χ2v) is 4.79. The van der Waals surface area contributed by atoms with E-state index < -0.39 is 6.04 Å². The monoisotopic (exact) mass is 286 g/mol. The minimum absolute atomic E-state index is 0.220. The number of hydrogen-bond acceptors (Lipinski definition) is 2. The predicted molar refractivity (Wildman–Crippen MR) is 82.9 cm³/mol. The number of hydrogen-bond donors (Lipinski definition) is 2. The molecule has 2 aromatic rings. The Morgan fingerprint density at radius 2 is 1.81 bits per heavy atom. The van der Waals surface area contributed by atoms with Crippen molar-refractivity contribution in [2.24, 2.45) is 0 Å². The van der Waals surface area contributed by atoms with Crippen LogP contribution in [0.1, 0.15) is 35.8 Å². The molecular formula is C17H19FN2O. The largest absolute Gasteiger partial charge is 0.385 e. The standard InChI is InChI=1S/C17H19FN2O/c1-3-19-16-11-7-5-9-14(16)17(21)20-12(2)13-8-4-6-10-15(13)18/h4-12,19H,3H2,1-2H3,(H,20,21). The van der Waals surface area contributed by atoms with E-state index in [1.807, 2.05) is 25.1 Å². The maximum Gasteiger partial charge on any atom is 0.253 e. The highest BCUT2D eigenvalue weighted by atomic mass is 19.1. The second-order valence-electron chi connectivity index (χ2n) is 4.79. The van der Waals surface area contributed by atoms with Crippen molar-refractivity contribution in [1.82, 2.24) is 5.32 Å². The maximum absolute atomic E-state index is 13.7. The smallest absolute Gasteiger partial charge is 0.253 e. The molecule has 0 aliphatic carbocycles. The van der Waals surface area contributed by atoms with E-state index in [1.165, 1.54) is 6.07 Å². The average molecular weight is 286 g/mol. The lowest BCUT2D eigenvalue weighted by Crippen LogP contribution is -2.28. The van der Waals surface area contributed by atoms with Gasteiger partial charge in [-0.2, -0.15) is 0 Å². The van der Waals surface area contributed by atoms with Crippen LogP contribution in [0.3, 0.4) is 0 Å². The Labute approximate surface area is 124 Å². The highest BCUT2D eigenvalue weighted by molar-refractivity contribution is 5.99. The zero-order valence-corrected chi connectivity index (χ0v) is 12.2. The van der Waals surface area contributed by atoms with Crippen LogP contribution in [0.5, 0.6) is 0 Å². The third-order valence-electron chi connectivity index (χ3n) is 3.26. The van der Waals surface area contributed by atoms with Gasteiger partial charge in [0.1, 0.15) is 5.82 Å². The van der Waals surface area contributed by atoms with E-state index in [2.05, 4.69) is 10.6 Å². The first kappa shape index (κ1) is 15.0. The SMILES string of the molecule is CCNc1ccccc1C(=O)NC(C)c1ccccc1F. The number of nitrogens with one attached hydrogen (secondary N) is 2. The Kier molecular flexibility index (Phi) is 4.93. The van der Waals surface area contributed by atoms with Crippen LogP contribution < -0.4 is 10.6 Å². The molecule has 1 atom stereocenters. The Bertz CT molecular complexity index is 628. The average Bonchev–Trinajstić information content (AvgIpc) is 2.48. The molecule has 0 bridgehead atoms. The fraction of sp³-hybridized carbons (Fsp3) is 0.235. The molecule has 3 nitrogen and oxygen atoms in total. The van der Waals surface area contributed by atoms with E-state index in [4.69, 9.17) is 0 Å². The molecule has 0 radical (unpaired) electrons. The molecule has 0 heterocycles. The number of carbonyl (C=O) groups is 1. The number of benzene rings is 2. The van der Waals surface area contributed by atoms with Gasteiger partial charge in [0.15, 0.2) is 0 Å². The van der Waals surface area contributed by atoms with Gasteiger partial charge in [-0.3, -0.25) is 4.79 Å². The van der Waals surface area contributed by atoms with Gasteiger partial charge >= 0.3 is 0 Å². The molecule has 1 unspecified atom stereocenters. The Balaban J connectivity index is 2.17. The molecule has 21 heavy (non-hydrogen) atoms. The highest BCUT2D eigenvalue weighted by Gasteiger charge is 2.16. The van der Waals surface area contributed by atoms with Crippen LogP contribution in [0.4, 0.5) is 10.1 Å². The van der Waals surface area contributed by atoms with Gasteiger partial charge < -0.3 is 10.6 Å². The highest BCUT2D eigenvalue weighted by Crippen LogP contribution is 2.19. The van der Waals surface area contributed by atoms with Crippen LogP contribution in [0.2, 0.25) is 0 Å². The van der Waals surface area contributed by atoms with Crippen LogP contribution in [0, 0.1) is 5.82 Å². The molecule has 4 heteroatoms. The third-order valence-corrected chi connectivity index (χ3v) is 3.26. The van der Waals surface area contributed by atoms with Gasteiger partial charge in [-0.15, -0.1) is 0 Å². The lowest BCUT2D eigenvalue weighted by Gasteiger charge is -2.17. The van der Waals surface area contributed by atoms with E-state index in [0.29, 0.717) is 11.1 Å². The van der Waals surface area contributed by atoms with Crippen LogP contribution in [-0.2, 0) is 0 Å². The maximum atomic E-state index is 13.7. The first-order chi connectivity index (χ1) is 10.1. The fourth-order valence-corrected chi connectivity index (χ4v) is 2.20. The summed E-state index contributed by atoms with van der Waals surface area (Å²) >= 11 is 0. The van der Waals surface area contributed by atoms with Crippen molar-refractivity contribution >= 4 is 11.6 Å². The van der Waals surface area contributed by atoms with Crippen molar-refractivity contribution in [3.8, 4) is 0 Å². The van der Waals surface area contributed by atoms with Crippen molar-refractivity contribution in [2.75, 3.05) is 11.9 Å². The van der Waals surface area contributed by atoms with E-state index in [-0.39, 0.29) is 11.7 Å². The minimum atomic E-state index is -0.395. The van der Waals surface area contributed by atoms with Crippen LogP contribution in [0.25, 0.3) is 0 Å². The van der Waals surface area contributed by atoms with Crippen molar-refractivity contribution in [2.45, 2.75) is 19.9 Å². The van der Waals surface area contributed by atoms with Gasteiger partial charge in [0, 0.05) is 17.8 Å². The number of para-hydroxylation sites is 1. The number of amides is 1. The second kappa shape index (κ2) is 6.88. The van der Waals surface area contributed by atoms with Crippen molar-refractivity contribution < 1.29 is 9.18 Å². The third kappa shape index (κ3) is 3.60. The van der Waals surface area contributed by atoms with Crippen LogP contribution >= 0.6 is 0 Å². The van der Waals surface area contributed by atoms with Crippen molar-refractivity contribution in [3.63, 3.8) is 0 Å². The summed E-state index contributed by atoms with van der Waals surface area (Å²) in [5.41, 5.74) is 1.81. The molecule has 2 rings (SSSR count). The molecule has 0 aliphatic rings. The predicted octanol–water partition coefficient (Wildman–Crippen LogP) is 3.75. The summed E-state index contributed by atoms with van der Waals surface area (Å²) in [4.78, 5) is 12.4. The van der Waals surface area contributed by atoms with Crippen LogP contribution in [-0.4, -0.2) is 12.5 Å². The van der Waals surface area contributed by atoms with Gasteiger partial charge in [0.2, 0.25) is 0 Å². The Hall–Kier alpha value is -2.36. The van der Waals surface area contributed by atoms with Gasteiger partial charge in [0.25, 0.3) is 5.91 Å². The van der Waals surface area contributed by atoms with E-state index in [9.17, 15) is 9.18 Å². The van der Waals surface area contributed by atoms with Crippen LogP contribution in [0.15, 0.2) is 48.5 Å². The molecule has 0 spiro atoms. The normalized spacial score (nSPS) is 11.8. The molecule has 1 amide bonds. The Morgan fingerprint density at radius 1 is 1.14 bits per heavy atom. The van der Waals surface area contributed by atoms with Gasteiger partial charge in [-0.05, 0) is 32.0 Å². The molecule has 0 saturated heterocycles.